The van der Waals surface area contributed by atoms with Gasteiger partial charge >= 0.3 is 0 Å². The predicted molar refractivity (Wildman–Crippen MR) is 51.0 cm³/mol. The second-order valence-electron chi connectivity index (χ2n) is 4.03. The van der Waals surface area contributed by atoms with Crippen molar-refractivity contribution in [3.05, 3.63) is 0 Å². The van der Waals surface area contributed by atoms with Crippen molar-refractivity contribution in [3.8, 4) is 0 Å². The molecule has 0 atom stereocenters. The SMILES string of the molecule is CC1(COS(C)(=O)=O)CCNCC1. The van der Waals surface area contributed by atoms with E-state index >= 15 is 0 Å². The van der Waals surface area contributed by atoms with Crippen LogP contribution in [0.15, 0.2) is 0 Å². The minimum Gasteiger partial charge on any atom is -0.317 e. The first kappa shape index (κ1) is 10.9. The summed E-state index contributed by atoms with van der Waals surface area (Å²) in [6.45, 7) is 4.28. The van der Waals surface area contributed by atoms with Gasteiger partial charge in [-0.25, -0.2) is 0 Å². The van der Waals surface area contributed by atoms with Gasteiger partial charge in [0.2, 0.25) is 0 Å². The summed E-state index contributed by atoms with van der Waals surface area (Å²) in [5, 5.41) is 3.23. The van der Waals surface area contributed by atoms with E-state index in [1.54, 1.807) is 0 Å². The van der Waals surface area contributed by atoms with E-state index in [0.717, 1.165) is 32.2 Å². The summed E-state index contributed by atoms with van der Waals surface area (Å²) in [7, 11) is -3.28. The van der Waals surface area contributed by atoms with Crippen molar-refractivity contribution in [2.24, 2.45) is 5.41 Å². The fraction of sp³-hybridized carbons (Fsp3) is 1.00. The molecule has 0 aromatic rings. The van der Waals surface area contributed by atoms with Crippen molar-refractivity contribution in [2.45, 2.75) is 19.8 Å². The van der Waals surface area contributed by atoms with Crippen molar-refractivity contribution < 1.29 is 12.6 Å². The zero-order chi connectivity index (χ0) is 9.95. The van der Waals surface area contributed by atoms with Crippen LogP contribution < -0.4 is 5.32 Å². The Kier molecular flexibility index (Phi) is 3.32. The lowest BCUT2D eigenvalue weighted by Gasteiger charge is -2.33. The number of nitrogens with one attached hydrogen (secondary N) is 1. The molecule has 0 radical (unpaired) electrons. The van der Waals surface area contributed by atoms with Crippen LogP contribution in [0.3, 0.4) is 0 Å². The Labute approximate surface area is 79.8 Å². The number of rotatable bonds is 3. The van der Waals surface area contributed by atoms with Crippen LogP contribution in [0.1, 0.15) is 19.8 Å². The van der Waals surface area contributed by atoms with Crippen molar-refractivity contribution in [1.82, 2.24) is 5.32 Å². The monoisotopic (exact) mass is 207 g/mol. The molecule has 4 nitrogen and oxygen atoms in total. The Morgan fingerprint density at radius 1 is 1.38 bits per heavy atom. The maximum atomic E-state index is 10.8. The van der Waals surface area contributed by atoms with Crippen molar-refractivity contribution in [3.63, 3.8) is 0 Å². The van der Waals surface area contributed by atoms with E-state index in [0.29, 0.717) is 6.61 Å². The second-order valence-corrected chi connectivity index (χ2v) is 5.67. The van der Waals surface area contributed by atoms with Crippen LogP contribution >= 0.6 is 0 Å². The zero-order valence-electron chi connectivity index (χ0n) is 8.17. The van der Waals surface area contributed by atoms with Crippen LogP contribution in [0.25, 0.3) is 0 Å². The minimum atomic E-state index is -3.28. The normalized spacial score (nSPS) is 22.9. The van der Waals surface area contributed by atoms with Crippen molar-refractivity contribution in [1.29, 1.82) is 0 Å². The highest BCUT2D eigenvalue weighted by Gasteiger charge is 2.28. The summed E-state index contributed by atoms with van der Waals surface area (Å²) >= 11 is 0. The summed E-state index contributed by atoms with van der Waals surface area (Å²) in [6, 6.07) is 0. The Hall–Kier alpha value is -0.130. The summed E-state index contributed by atoms with van der Waals surface area (Å²) in [5.74, 6) is 0. The first-order valence-corrected chi connectivity index (χ1v) is 6.28. The van der Waals surface area contributed by atoms with Crippen LogP contribution in [0, 0.1) is 5.41 Å². The molecule has 1 fully saturated rings. The maximum Gasteiger partial charge on any atom is 0.264 e. The minimum absolute atomic E-state index is 0.0222. The first-order valence-electron chi connectivity index (χ1n) is 4.46. The molecule has 1 aliphatic heterocycles. The molecule has 1 N–H and O–H groups in total. The Morgan fingerprint density at radius 3 is 2.38 bits per heavy atom. The molecule has 0 spiro atoms. The molecule has 78 valence electrons. The molecular formula is C8H17NO3S. The molecule has 13 heavy (non-hydrogen) atoms. The smallest absolute Gasteiger partial charge is 0.264 e. The third-order valence-corrected chi connectivity index (χ3v) is 2.98. The lowest BCUT2D eigenvalue weighted by molar-refractivity contribution is 0.128. The van der Waals surface area contributed by atoms with Crippen LogP contribution in [0.4, 0.5) is 0 Å². The lowest BCUT2D eigenvalue weighted by atomic mass is 9.82. The molecule has 1 rings (SSSR count). The Morgan fingerprint density at radius 2 is 1.92 bits per heavy atom. The van der Waals surface area contributed by atoms with Crippen LogP contribution in [-0.2, 0) is 14.3 Å². The zero-order valence-corrected chi connectivity index (χ0v) is 8.99. The van der Waals surface area contributed by atoms with Crippen LogP contribution in [0.2, 0.25) is 0 Å². The van der Waals surface area contributed by atoms with E-state index in [9.17, 15) is 8.42 Å². The van der Waals surface area contributed by atoms with Crippen molar-refractivity contribution >= 4 is 10.1 Å². The van der Waals surface area contributed by atoms with Gasteiger partial charge in [-0.1, -0.05) is 6.92 Å². The van der Waals surface area contributed by atoms with Gasteiger partial charge in [0.1, 0.15) is 0 Å². The molecule has 0 bridgehead atoms. The molecule has 1 saturated heterocycles. The summed E-state index contributed by atoms with van der Waals surface area (Å²) in [4.78, 5) is 0. The first-order chi connectivity index (χ1) is 5.91. The topological polar surface area (TPSA) is 55.4 Å². The molecule has 0 aromatic carbocycles. The van der Waals surface area contributed by atoms with Gasteiger partial charge in [0.05, 0.1) is 12.9 Å². The Bertz CT molecular complexity index is 255. The van der Waals surface area contributed by atoms with Gasteiger partial charge in [0, 0.05) is 0 Å². The van der Waals surface area contributed by atoms with Gasteiger partial charge in [-0.15, -0.1) is 0 Å². The third-order valence-electron chi connectivity index (χ3n) is 2.43. The summed E-state index contributed by atoms with van der Waals surface area (Å²) < 4.78 is 26.4. The molecule has 0 amide bonds. The molecule has 0 aromatic heterocycles. The fourth-order valence-corrected chi connectivity index (χ4v) is 1.92. The summed E-state index contributed by atoms with van der Waals surface area (Å²) in [5.41, 5.74) is 0.0222. The van der Waals surface area contributed by atoms with E-state index in [2.05, 4.69) is 12.2 Å². The molecular weight excluding hydrogens is 190 g/mol. The molecule has 0 unspecified atom stereocenters. The van der Waals surface area contributed by atoms with Crippen LogP contribution in [-0.4, -0.2) is 34.4 Å². The molecule has 1 heterocycles. The van der Waals surface area contributed by atoms with Crippen molar-refractivity contribution in [2.75, 3.05) is 26.0 Å². The van der Waals surface area contributed by atoms with Gasteiger partial charge in [-0.05, 0) is 31.3 Å². The van der Waals surface area contributed by atoms with E-state index in [1.807, 2.05) is 0 Å². The van der Waals surface area contributed by atoms with E-state index in [4.69, 9.17) is 4.18 Å². The Balaban J connectivity index is 2.42. The van der Waals surface area contributed by atoms with Gasteiger partial charge in [0.25, 0.3) is 10.1 Å². The highest BCUT2D eigenvalue weighted by atomic mass is 32.2. The number of hydrogen-bond acceptors (Lipinski definition) is 4. The van der Waals surface area contributed by atoms with Gasteiger partial charge in [-0.3, -0.25) is 4.18 Å². The van der Waals surface area contributed by atoms with Gasteiger partial charge < -0.3 is 5.32 Å². The molecule has 1 aliphatic rings. The highest BCUT2D eigenvalue weighted by molar-refractivity contribution is 7.85. The largest absolute Gasteiger partial charge is 0.317 e. The fourth-order valence-electron chi connectivity index (χ4n) is 1.42. The van der Waals surface area contributed by atoms with Gasteiger partial charge in [0.15, 0.2) is 0 Å². The molecule has 5 heteroatoms. The van der Waals surface area contributed by atoms with Crippen LogP contribution in [0.5, 0.6) is 0 Å². The predicted octanol–water partition coefficient (Wildman–Crippen LogP) is 0.352. The standard InChI is InChI=1S/C8H17NO3S/c1-8(3-5-9-6-4-8)7-12-13(2,10)11/h9H,3-7H2,1-2H3. The quantitative estimate of drug-likeness (QED) is 0.679. The van der Waals surface area contributed by atoms with E-state index < -0.39 is 10.1 Å². The summed E-state index contributed by atoms with van der Waals surface area (Å²) in [6.07, 6.45) is 3.04. The number of hydrogen-bond donors (Lipinski definition) is 1. The van der Waals surface area contributed by atoms with E-state index in [-0.39, 0.29) is 5.41 Å². The molecule has 0 aliphatic carbocycles. The van der Waals surface area contributed by atoms with E-state index in [1.165, 1.54) is 0 Å². The average Bonchev–Trinajstić information content (AvgIpc) is 2.02. The molecule has 0 saturated carbocycles. The average molecular weight is 207 g/mol. The maximum absolute atomic E-state index is 10.8. The third kappa shape index (κ3) is 4.06. The lowest BCUT2D eigenvalue weighted by Crippen LogP contribution is -2.38. The number of piperidine rings is 1. The second kappa shape index (κ2) is 3.94. The van der Waals surface area contributed by atoms with Gasteiger partial charge in [-0.2, -0.15) is 8.42 Å². The highest BCUT2D eigenvalue weighted by Crippen LogP contribution is 2.28.